The van der Waals surface area contributed by atoms with E-state index in [-0.39, 0.29) is 13.2 Å². The highest BCUT2D eigenvalue weighted by atomic mass is 16.5. The van der Waals surface area contributed by atoms with E-state index in [0.717, 1.165) is 76.4 Å². The van der Waals surface area contributed by atoms with E-state index in [1.165, 1.54) is 0 Å². The highest BCUT2D eigenvalue weighted by Crippen LogP contribution is 2.34. The molecule has 6 heteroatoms. The zero-order valence-corrected chi connectivity index (χ0v) is 18.2. The van der Waals surface area contributed by atoms with Gasteiger partial charge in [-0.1, -0.05) is 12.8 Å². The molecule has 0 atom stereocenters. The number of hydrogen-bond acceptors (Lipinski definition) is 6. The molecule has 1 aromatic rings. The molecule has 0 unspecified atom stereocenters. The molecule has 0 saturated heterocycles. The second-order valence-electron chi connectivity index (χ2n) is 7.12. The molecule has 1 rings (SSSR count). The van der Waals surface area contributed by atoms with Crippen LogP contribution < -0.4 is 14.4 Å². The number of anilines is 1. The average molecular weight is 410 g/mol. The SMILES string of the molecule is CCN(CC)c1cc(OCCCCCCO)c(C=O)c(OCCCCCCO)c1. The van der Waals surface area contributed by atoms with Gasteiger partial charge < -0.3 is 24.6 Å². The first-order chi connectivity index (χ1) is 14.2. The van der Waals surface area contributed by atoms with Gasteiger partial charge in [-0.15, -0.1) is 0 Å². The Morgan fingerprint density at radius 2 is 1.24 bits per heavy atom. The molecule has 0 saturated carbocycles. The highest BCUT2D eigenvalue weighted by molar-refractivity contribution is 5.85. The third-order valence-electron chi connectivity index (χ3n) is 4.96. The maximum absolute atomic E-state index is 11.8. The van der Waals surface area contributed by atoms with Crippen LogP contribution in [0.25, 0.3) is 0 Å². The lowest BCUT2D eigenvalue weighted by atomic mass is 10.1. The number of rotatable bonds is 18. The highest BCUT2D eigenvalue weighted by Gasteiger charge is 2.16. The molecule has 0 aromatic heterocycles. The van der Waals surface area contributed by atoms with Crippen LogP contribution in [0.4, 0.5) is 5.69 Å². The normalized spacial score (nSPS) is 10.8. The molecule has 0 aliphatic heterocycles. The van der Waals surface area contributed by atoms with E-state index in [9.17, 15) is 4.79 Å². The molecule has 0 spiro atoms. The van der Waals surface area contributed by atoms with Crippen molar-refractivity contribution in [1.29, 1.82) is 0 Å². The summed E-state index contributed by atoms with van der Waals surface area (Å²) < 4.78 is 11.9. The summed E-state index contributed by atoms with van der Waals surface area (Å²) in [6.45, 7) is 7.44. The first-order valence-electron chi connectivity index (χ1n) is 11.1. The Morgan fingerprint density at radius 1 is 0.793 bits per heavy atom. The first-order valence-corrected chi connectivity index (χ1v) is 11.1. The van der Waals surface area contributed by atoms with E-state index in [4.69, 9.17) is 19.7 Å². The molecule has 1 aromatic carbocycles. The van der Waals surface area contributed by atoms with E-state index in [1.807, 2.05) is 12.1 Å². The Kier molecular flexibility index (Phi) is 14.0. The summed E-state index contributed by atoms with van der Waals surface area (Å²) in [6.07, 6.45) is 8.14. The Balaban J connectivity index is 2.84. The van der Waals surface area contributed by atoms with Crippen molar-refractivity contribution >= 4 is 12.0 Å². The minimum Gasteiger partial charge on any atom is -0.493 e. The number of benzene rings is 1. The van der Waals surface area contributed by atoms with E-state index in [0.29, 0.717) is 30.3 Å². The minimum absolute atomic E-state index is 0.225. The quantitative estimate of drug-likeness (QED) is 0.279. The lowest BCUT2D eigenvalue weighted by Gasteiger charge is -2.24. The zero-order chi connectivity index (χ0) is 21.3. The first kappa shape index (κ1) is 25.2. The van der Waals surface area contributed by atoms with Crippen molar-refractivity contribution in [1.82, 2.24) is 0 Å². The molecule has 0 fully saturated rings. The van der Waals surface area contributed by atoms with Crippen molar-refractivity contribution in [2.45, 2.75) is 65.2 Å². The Bertz CT molecular complexity index is 523. The fourth-order valence-corrected chi connectivity index (χ4v) is 3.21. The number of ether oxygens (including phenoxy) is 2. The van der Waals surface area contributed by atoms with Crippen molar-refractivity contribution < 1.29 is 24.5 Å². The monoisotopic (exact) mass is 409 g/mol. The molecule has 0 aliphatic carbocycles. The Labute approximate surface area is 175 Å². The third kappa shape index (κ3) is 9.50. The van der Waals surface area contributed by atoms with Crippen molar-refractivity contribution in [3.8, 4) is 11.5 Å². The molecular formula is C23H39NO5. The molecule has 0 amide bonds. The largest absolute Gasteiger partial charge is 0.493 e. The van der Waals surface area contributed by atoms with Crippen molar-refractivity contribution in [3.05, 3.63) is 17.7 Å². The van der Waals surface area contributed by atoms with Crippen LogP contribution >= 0.6 is 0 Å². The van der Waals surface area contributed by atoms with Gasteiger partial charge in [-0.05, 0) is 52.4 Å². The third-order valence-corrected chi connectivity index (χ3v) is 4.96. The topological polar surface area (TPSA) is 79.2 Å². The summed E-state index contributed by atoms with van der Waals surface area (Å²) in [5, 5.41) is 17.7. The van der Waals surface area contributed by atoms with Crippen molar-refractivity contribution in [2.75, 3.05) is 44.4 Å². The number of aliphatic hydroxyl groups excluding tert-OH is 2. The van der Waals surface area contributed by atoms with Gasteiger partial charge in [0.05, 0.1) is 18.8 Å². The minimum atomic E-state index is 0.225. The van der Waals surface area contributed by atoms with Crippen LogP contribution in [0.1, 0.15) is 75.6 Å². The van der Waals surface area contributed by atoms with Crippen LogP contribution in [0.5, 0.6) is 11.5 Å². The van der Waals surface area contributed by atoms with Gasteiger partial charge in [0.25, 0.3) is 0 Å². The van der Waals surface area contributed by atoms with E-state index in [2.05, 4.69) is 18.7 Å². The van der Waals surface area contributed by atoms with Crippen LogP contribution in [-0.2, 0) is 0 Å². The predicted molar refractivity (Wildman–Crippen MR) is 117 cm³/mol. The van der Waals surface area contributed by atoms with E-state index in [1.54, 1.807) is 0 Å². The molecule has 0 radical (unpaired) electrons. The summed E-state index contributed by atoms with van der Waals surface area (Å²) in [5.74, 6) is 1.14. The summed E-state index contributed by atoms with van der Waals surface area (Å²) in [4.78, 5) is 14.0. The fourth-order valence-electron chi connectivity index (χ4n) is 3.21. The summed E-state index contributed by atoms with van der Waals surface area (Å²) in [6, 6.07) is 3.86. The van der Waals surface area contributed by atoms with Gasteiger partial charge in [0.2, 0.25) is 0 Å². The Hall–Kier alpha value is -1.79. The molecule has 0 heterocycles. The van der Waals surface area contributed by atoms with Crippen LogP contribution in [0, 0.1) is 0 Å². The number of aldehydes is 1. The average Bonchev–Trinajstić information content (AvgIpc) is 2.74. The summed E-state index contributed by atoms with van der Waals surface area (Å²) >= 11 is 0. The zero-order valence-electron chi connectivity index (χ0n) is 18.2. The van der Waals surface area contributed by atoms with Crippen LogP contribution in [0.15, 0.2) is 12.1 Å². The molecule has 6 nitrogen and oxygen atoms in total. The maximum atomic E-state index is 11.8. The number of carbonyl (C=O) groups excluding carboxylic acids is 1. The molecule has 0 aliphatic rings. The van der Waals surface area contributed by atoms with Gasteiger partial charge in [-0.25, -0.2) is 0 Å². The number of unbranched alkanes of at least 4 members (excludes halogenated alkanes) is 6. The molecule has 166 valence electrons. The van der Waals surface area contributed by atoms with Gasteiger partial charge in [0, 0.05) is 44.1 Å². The van der Waals surface area contributed by atoms with Gasteiger partial charge in [-0.2, -0.15) is 0 Å². The summed E-state index contributed by atoms with van der Waals surface area (Å²) in [7, 11) is 0. The predicted octanol–water partition coefficient (Wildman–Crippen LogP) is 4.21. The second kappa shape index (κ2) is 16.1. The molecule has 29 heavy (non-hydrogen) atoms. The second-order valence-corrected chi connectivity index (χ2v) is 7.12. The van der Waals surface area contributed by atoms with Gasteiger partial charge in [0.1, 0.15) is 11.5 Å². The Morgan fingerprint density at radius 3 is 1.62 bits per heavy atom. The fraction of sp³-hybridized carbons (Fsp3) is 0.696. The standard InChI is InChI=1S/C23H39NO5/c1-3-24(4-2)20-17-22(28-15-11-7-5-9-13-25)21(19-27)23(18-20)29-16-12-8-6-10-14-26/h17-19,25-26H,3-16H2,1-2H3. The van der Waals surface area contributed by atoms with Crippen molar-refractivity contribution in [3.63, 3.8) is 0 Å². The van der Waals surface area contributed by atoms with E-state index >= 15 is 0 Å². The molecular weight excluding hydrogens is 370 g/mol. The van der Waals surface area contributed by atoms with Gasteiger partial charge in [-0.3, -0.25) is 4.79 Å². The number of hydrogen-bond donors (Lipinski definition) is 2. The molecule has 2 N–H and O–H groups in total. The number of nitrogens with zero attached hydrogens (tertiary/aromatic N) is 1. The summed E-state index contributed by atoms with van der Waals surface area (Å²) in [5.41, 5.74) is 1.46. The van der Waals surface area contributed by atoms with Crippen molar-refractivity contribution in [2.24, 2.45) is 0 Å². The molecule has 0 bridgehead atoms. The van der Waals surface area contributed by atoms with Crippen LogP contribution in [-0.4, -0.2) is 56.0 Å². The van der Waals surface area contributed by atoms with E-state index < -0.39 is 0 Å². The lowest BCUT2D eigenvalue weighted by molar-refractivity contribution is 0.111. The van der Waals surface area contributed by atoms with Crippen LogP contribution in [0.3, 0.4) is 0 Å². The van der Waals surface area contributed by atoms with Gasteiger partial charge in [0.15, 0.2) is 6.29 Å². The van der Waals surface area contributed by atoms with Crippen LogP contribution in [0.2, 0.25) is 0 Å². The number of carbonyl (C=O) groups is 1. The lowest BCUT2D eigenvalue weighted by Crippen LogP contribution is -2.22. The number of aliphatic hydroxyl groups is 2. The maximum Gasteiger partial charge on any atom is 0.157 e. The smallest absolute Gasteiger partial charge is 0.157 e. The van der Waals surface area contributed by atoms with Gasteiger partial charge >= 0.3 is 0 Å².